The Morgan fingerprint density at radius 1 is 1.17 bits per heavy atom. The Kier molecular flexibility index (Phi) is 4.36. The third kappa shape index (κ3) is 2.88. The van der Waals surface area contributed by atoms with E-state index < -0.39 is 23.8 Å². The van der Waals surface area contributed by atoms with Gasteiger partial charge in [-0.2, -0.15) is 0 Å². The van der Waals surface area contributed by atoms with Crippen molar-refractivity contribution >= 4 is 23.8 Å². The van der Waals surface area contributed by atoms with Crippen LogP contribution in [-0.2, 0) is 9.59 Å². The first-order valence-electron chi connectivity index (χ1n) is 6.90. The second kappa shape index (κ2) is 6.08. The molecule has 10 heteroatoms. The Morgan fingerprint density at radius 3 is 2.09 bits per heavy atom. The average molecular weight is 324 g/mol. The van der Waals surface area contributed by atoms with E-state index >= 15 is 0 Å². The molecule has 1 aliphatic heterocycles. The minimum absolute atomic E-state index is 0.0212. The van der Waals surface area contributed by atoms with E-state index in [0.29, 0.717) is 0 Å². The maximum atomic E-state index is 12.6. The smallest absolute Gasteiger partial charge is 0.411 e. The molecule has 0 spiro atoms. The molecule has 0 unspecified atom stereocenters. The van der Waals surface area contributed by atoms with Crippen molar-refractivity contribution in [3.63, 3.8) is 0 Å². The minimum atomic E-state index is -1.37. The van der Waals surface area contributed by atoms with Gasteiger partial charge in [0.05, 0.1) is 0 Å². The van der Waals surface area contributed by atoms with Crippen LogP contribution in [0, 0.1) is 0 Å². The summed E-state index contributed by atoms with van der Waals surface area (Å²) in [6.07, 6.45) is -1.87. The third-order valence-corrected chi connectivity index (χ3v) is 3.41. The van der Waals surface area contributed by atoms with Crippen LogP contribution in [0.15, 0.2) is 23.2 Å². The summed E-state index contributed by atoms with van der Waals surface area (Å²) in [5.74, 6) is -1.44. The summed E-state index contributed by atoms with van der Waals surface area (Å²) in [6.45, 7) is 3.27. The van der Waals surface area contributed by atoms with Crippen molar-refractivity contribution in [2.45, 2.75) is 13.8 Å². The highest BCUT2D eigenvalue weighted by atomic mass is 16.4. The topological polar surface area (TPSA) is 140 Å². The summed E-state index contributed by atoms with van der Waals surface area (Å²) < 4.78 is 0. The maximum Gasteiger partial charge on any atom is 0.411 e. The number of hydrazine groups is 1. The zero-order valence-electron chi connectivity index (χ0n) is 12.6. The highest BCUT2D eigenvalue weighted by Crippen LogP contribution is 2.28. The van der Waals surface area contributed by atoms with E-state index in [4.69, 9.17) is 5.11 Å². The number of ketones is 2. The minimum Gasteiger partial charge on any atom is -0.465 e. The molecule has 2 amide bonds. The van der Waals surface area contributed by atoms with Gasteiger partial charge in [-0.1, -0.05) is 0 Å². The van der Waals surface area contributed by atoms with E-state index in [1.165, 1.54) is 18.9 Å². The van der Waals surface area contributed by atoms with Gasteiger partial charge in [-0.3, -0.25) is 24.4 Å². The number of nitrogens with zero attached hydrogens (tertiary/aromatic N) is 3. The van der Waals surface area contributed by atoms with Crippen LogP contribution >= 0.6 is 0 Å². The number of carbonyl (C=O) groups excluding carboxylic acids is 2. The number of hydrogen-bond acceptors (Lipinski definition) is 6. The Balaban J connectivity index is 2.53. The van der Waals surface area contributed by atoms with Crippen LogP contribution in [0.5, 0.6) is 0 Å². The Morgan fingerprint density at radius 2 is 1.70 bits per heavy atom. The number of nitrogens with one attached hydrogen (secondary N) is 1. The highest BCUT2D eigenvalue weighted by Gasteiger charge is 2.42. The van der Waals surface area contributed by atoms with Crippen molar-refractivity contribution in [1.82, 2.24) is 20.2 Å². The number of Topliss-reactive ketones (excluding diaryl/α,β-unsaturated/α-hetero) is 1. The summed E-state index contributed by atoms with van der Waals surface area (Å²) in [5, 5.41) is 19.7. The van der Waals surface area contributed by atoms with Gasteiger partial charge in [0, 0.05) is 19.2 Å². The van der Waals surface area contributed by atoms with Crippen molar-refractivity contribution in [1.29, 1.82) is 0 Å². The predicted octanol–water partition coefficient (Wildman–Crippen LogP) is 0.0112. The molecule has 0 aromatic heterocycles. The van der Waals surface area contributed by atoms with E-state index in [9.17, 15) is 24.3 Å². The largest absolute Gasteiger partial charge is 0.465 e. The second-order valence-corrected chi connectivity index (χ2v) is 4.72. The highest BCUT2D eigenvalue weighted by molar-refractivity contribution is 6.23. The lowest BCUT2D eigenvalue weighted by atomic mass is 10.0. The number of carbonyl (C=O) groups is 4. The maximum absolute atomic E-state index is 12.6. The van der Waals surface area contributed by atoms with E-state index in [-0.39, 0.29) is 36.8 Å². The van der Waals surface area contributed by atoms with Crippen molar-refractivity contribution in [2.75, 3.05) is 19.8 Å². The molecule has 2 rings (SSSR count). The van der Waals surface area contributed by atoms with E-state index in [1.807, 2.05) is 0 Å². The number of amides is 2. The lowest BCUT2D eigenvalue weighted by Crippen LogP contribution is -2.42. The molecule has 0 atom stereocenters. The van der Waals surface area contributed by atoms with Gasteiger partial charge in [0.15, 0.2) is 0 Å². The Labute approximate surface area is 131 Å². The van der Waals surface area contributed by atoms with Crippen LogP contribution in [0.3, 0.4) is 0 Å². The van der Waals surface area contributed by atoms with Gasteiger partial charge in [-0.05, 0) is 13.8 Å². The first-order valence-corrected chi connectivity index (χ1v) is 6.90. The van der Waals surface area contributed by atoms with Crippen molar-refractivity contribution < 1.29 is 29.4 Å². The Hall–Kier alpha value is -2.88. The third-order valence-electron chi connectivity index (χ3n) is 3.41. The number of allylic oxidation sites excluding steroid dienone is 1. The lowest BCUT2D eigenvalue weighted by molar-refractivity contribution is -0.118. The lowest BCUT2D eigenvalue weighted by Gasteiger charge is -2.28. The zero-order chi connectivity index (χ0) is 17.3. The number of rotatable bonds is 5. The summed E-state index contributed by atoms with van der Waals surface area (Å²) in [7, 11) is 0. The van der Waals surface area contributed by atoms with Gasteiger partial charge in [0.2, 0.25) is 11.6 Å². The van der Waals surface area contributed by atoms with Crippen molar-refractivity contribution in [2.24, 2.45) is 0 Å². The van der Waals surface area contributed by atoms with Gasteiger partial charge >= 0.3 is 12.2 Å². The molecule has 3 N–H and O–H groups in total. The van der Waals surface area contributed by atoms with Gasteiger partial charge in [0.25, 0.3) is 0 Å². The van der Waals surface area contributed by atoms with E-state index in [0.717, 1.165) is 15.9 Å². The second-order valence-electron chi connectivity index (χ2n) is 4.72. The van der Waals surface area contributed by atoms with Gasteiger partial charge < -0.3 is 10.2 Å². The summed E-state index contributed by atoms with van der Waals surface area (Å²) in [5.41, 5.74) is 1.97. The molecule has 124 valence electrons. The molecule has 1 heterocycles. The number of carboxylic acid groups (broad SMARTS) is 2. The summed E-state index contributed by atoms with van der Waals surface area (Å²) >= 11 is 0. The van der Waals surface area contributed by atoms with Gasteiger partial charge in [0.1, 0.15) is 23.8 Å². The molecule has 0 aromatic carbocycles. The molecular formula is C13H16N4O6. The van der Waals surface area contributed by atoms with E-state index in [1.54, 1.807) is 0 Å². The molecule has 1 saturated heterocycles. The monoisotopic (exact) mass is 324 g/mol. The molecule has 0 saturated carbocycles. The van der Waals surface area contributed by atoms with Gasteiger partial charge in [-0.25, -0.2) is 15.0 Å². The van der Waals surface area contributed by atoms with Crippen molar-refractivity contribution in [3.8, 4) is 0 Å². The van der Waals surface area contributed by atoms with Gasteiger partial charge in [-0.15, -0.1) is 0 Å². The number of likely N-dealkylation sites (N-methyl/N-ethyl adjacent to an activating group) is 2. The summed E-state index contributed by atoms with van der Waals surface area (Å²) in [6, 6.07) is 0. The zero-order valence-corrected chi connectivity index (χ0v) is 12.6. The standard InChI is InChI=1S/C13H16N4O6/c1-3-15(12(20)21)7-5-8(18)9(16(4-2)13(22)23)10(11(7)19)17-6-14-17/h5,14H,3-4,6H2,1-2H3,(H,20,21)(H,22,23). The van der Waals surface area contributed by atoms with Crippen molar-refractivity contribution in [3.05, 3.63) is 23.2 Å². The molecule has 2 aliphatic rings. The van der Waals surface area contributed by atoms with E-state index in [2.05, 4.69) is 5.43 Å². The molecule has 23 heavy (non-hydrogen) atoms. The quantitative estimate of drug-likeness (QED) is 0.474. The summed E-state index contributed by atoms with van der Waals surface area (Å²) in [4.78, 5) is 49.1. The number of hydrogen-bond donors (Lipinski definition) is 3. The Bertz CT molecular complexity index is 649. The molecule has 10 nitrogen and oxygen atoms in total. The normalized spacial score (nSPS) is 17.1. The fraction of sp³-hybridized carbons (Fsp3) is 0.385. The molecule has 0 radical (unpaired) electrons. The van der Waals surface area contributed by atoms with Crippen LogP contribution in [0.25, 0.3) is 0 Å². The van der Waals surface area contributed by atoms with Crippen LogP contribution in [0.2, 0.25) is 0 Å². The molecule has 1 aliphatic carbocycles. The SMILES string of the molecule is CCN(C(=O)O)C1=CC(=O)C(N(CC)C(=O)O)=C(N2CN2)C1=O. The molecule has 1 fully saturated rings. The first-order chi connectivity index (χ1) is 10.8. The molecular weight excluding hydrogens is 308 g/mol. The fourth-order valence-electron chi connectivity index (χ4n) is 2.31. The molecule has 0 bridgehead atoms. The first kappa shape index (κ1) is 16.5. The van der Waals surface area contributed by atoms with Crippen LogP contribution < -0.4 is 5.43 Å². The fourth-order valence-corrected chi connectivity index (χ4v) is 2.31. The average Bonchev–Trinajstić information content (AvgIpc) is 3.29. The van der Waals surface area contributed by atoms with Crippen LogP contribution in [0.4, 0.5) is 9.59 Å². The van der Waals surface area contributed by atoms with Crippen LogP contribution in [0.1, 0.15) is 13.8 Å². The predicted molar refractivity (Wildman–Crippen MR) is 75.8 cm³/mol. The van der Waals surface area contributed by atoms with Crippen LogP contribution in [-0.4, -0.2) is 68.5 Å². The molecule has 0 aromatic rings.